The van der Waals surface area contributed by atoms with Crippen LogP contribution in [0.5, 0.6) is 0 Å². The van der Waals surface area contributed by atoms with Gasteiger partial charge in [-0.05, 0) is 31.9 Å². The van der Waals surface area contributed by atoms with E-state index in [1.165, 1.54) is 0 Å². The van der Waals surface area contributed by atoms with E-state index in [4.69, 9.17) is 0 Å². The molecule has 1 saturated heterocycles. The maximum absolute atomic E-state index is 12.6. The fourth-order valence-electron chi connectivity index (χ4n) is 4.00. The number of hydrogen-bond donors (Lipinski definition) is 2. The number of hydrogen-bond acceptors (Lipinski definition) is 4. The van der Waals surface area contributed by atoms with Gasteiger partial charge >= 0.3 is 6.03 Å². The molecule has 1 fully saturated rings. The van der Waals surface area contributed by atoms with Crippen LogP contribution in [0, 0.1) is 0 Å². The molecule has 0 radical (unpaired) electrons. The van der Waals surface area contributed by atoms with Crippen LogP contribution in [0.3, 0.4) is 0 Å². The number of piperazine rings is 1. The molecule has 0 aromatic heterocycles. The van der Waals surface area contributed by atoms with Crippen LogP contribution in [0.4, 0.5) is 4.79 Å². The number of rotatable bonds is 5. The van der Waals surface area contributed by atoms with Crippen LogP contribution in [0.1, 0.15) is 29.8 Å². The van der Waals surface area contributed by atoms with E-state index in [1.807, 2.05) is 34.1 Å². The number of carbonyl (C=O) groups is 2. The van der Waals surface area contributed by atoms with Crippen molar-refractivity contribution in [2.45, 2.75) is 25.8 Å². The highest BCUT2D eigenvalue weighted by Gasteiger charge is 2.35. The third kappa shape index (κ3) is 4.42. The Hall–Kier alpha value is -2.12. The summed E-state index contributed by atoms with van der Waals surface area (Å²) in [4.78, 5) is 30.9. The second kappa shape index (κ2) is 8.27. The lowest BCUT2D eigenvalue weighted by Gasteiger charge is -2.46. The van der Waals surface area contributed by atoms with Crippen molar-refractivity contribution in [2.24, 2.45) is 0 Å². The van der Waals surface area contributed by atoms with Gasteiger partial charge in [0.1, 0.15) is 0 Å². The number of aliphatic hydroxyl groups excluding tert-OH is 1. The van der Waals surface area contributed by atoms with E-state index in [2.05, 4.69) is 24.1 Å². The third-order valence-corrected chi connectivity index (χ3v) is 5.57. The highest BCUT2D eigenvalue weighted by Crippen LogP contribution is 2.21. The van der Waals surface area contributed by atoms with Crippen molar-refractivity contribution in [3.63, 3.8) is 0 Å². The van der Waals surface area contributed by atoms with E-state index >= 15 is 0 Å². The summed E-state index contributed by atoms with van der Waals surface area (Å²) < 4.78 is 0. The third-order valence-electron chi connectivity index (χ3n) is 5.57. The van der Waals surface area contributed by atoms with Crippen LogP contribution in [-0.4, -0.2) is 89.7 Å². The van der Waals surface area contributed by atoms with Gasteiger partial charge in [-0.25, -0.2) is 4.79 Å². The van der Waals surface area contributed by atoms with Crippen molar-refractivity contribution in [1.29, 1.82) is 0 Å². The number of nitrogens with one attached hydrogen (secondary N) is 1. The molecule has 1 aromatic rings. The van der Waals surface area contributed by atoms with E-state index in [0.29, 0.717) is 39.3 Å². The Balaban J connectivity index is 1.47. The molecule has 148 valence electrons. The molecular weight excluding hydrogens is 344 g/mol. The average Bonchev–Trinajstić information content (AvgIpc) is 2.65. The van der Waals surface area contributed by atoms with E-state index < -0.39 is 0 Å². The van der Waals surface area contributed by atoms with E-state index in [9.17, 15) is 14.7 Å². The molecule has 27 heavy (non-hydrogen) atoms. The molecule has 0 spiro atoms. The quantitative estimate of drug-likeness (QED) is 0.799. The van der Waals surface area contributed by atoms with Crippen molar-refractivity contribution in [2.75, 3.05) is 52.4 Å². The van der Waals surface area contributed by atoms with E-state index in [0.717, 1.165) is 24.1 Å². The molecule has 3 rings (SSSR count). The summed E-state index contributed by atoms with van der Waals surface area (Å²) in [7, 11) is 0. The lowest BCUT2D eigenvalue weighted by atomic mass is 9.99. The Kier molecular flexibility index (Phi) is 6.01. The largest absolute Gasteiger partial charge is 0.395 e. The number of amides is 3. The number of urea groups is 1. The van der Waals surface area contributed by atoms with Gasteiger partial charge in [0.25, 0.3) is 5.91 Å². The lowest BCUT2D eigenvalue weighted by molar-refractivity contribution is 0.0243. The summed E-state index contributed by atoms with van der Waals surface area (Å²) >= 11 is 0. The molecule has 2 heterocycles. The Labute approximate surface area is 160 Å². The summed E-state index contributed by atoms with van der Waals surface area (Å²) in [6.45, 7) is 8.61. The number of aliphatic hydroxyl groups is 1. The molecule has 2 aliphatic rings. The smallest absolute Gasteiger partial charge is 0.317 e. The monoisotopic (exact) mass is 374 g/mol. The molecular formula is C20H30N4O3. The van der Waals surface area contributed by atoms with Crippen LogP contribution >= 0.6 is 0 Å². The molecule has 0 aliphatic carbocycles. The van der Waals surface area contributed by atoms with Gasteiger partial charge < -0.3 is 20.2 Å². The van der Waals surface area contributed by atoms with Gasteiger partial charge in [0.2, 0.25) is 0 Å². The Bertz CT molecular complexity index is 692. The van der Waals surface area contributed by atoms with Crippen molar-refractivity contribution >= 4 is 11.9 Å². The predicted molar refractivity (Wildman–Crippen MR) is 104 cm³/mol. The van der Waals surface area contributed by atoms with Gasteiger partial charge in [-0.15, -0.1) is 0 Å². The van der Waals surface area contributed by atoms with Crippen molar-refractivity contribution in [1.82, 2.24) is 20.0 Å². The molecule has 2 aliphatic heterocycles. The number of carbonyl (C=O) groups excluding carboxylic acids is 2. The molecule has 0 saturated carbocycles. The van der Waals surface area contributed by atoms with Crippen molar-refractivity contribution in [3.8, 4) is 0 Å². The minimum Gasteiger partial charge on any atom is -0.395 e. The van der Waals surface area contributed by atoms with Gasteiger partial charge in [0.05, 0.1) is 6.61 Å². The topological polar surface area (TPSA) is 76.1 Å². The predicted octanol–water partition coefficient (Wildman–Crippen LogP) is 0.783. The molecule has 0 atom stereocenters. The minimum atomic E-state index is -0.162. The summed E-state index contributed by atoms with van der Waals surface area (Å²) in [6.07, 6.45) is 0.858. The summed E-state index contributed by atoms with van der Waals surface area (Å²) in [5, 5.41) is 12.1. The second-order valence-electron chi connectivity index (χ2n) is 7.88. The summed E-state index contributed by atoms with van der Waals surface area (Å²) in [6, 6.07) is 7.64. The SMILES string of the molecule is CC1(C)CN(C(=O)NCCN2CCc3ccccc3C2=O)CCN1CCO. The minimum absolute atomic E-state index is 0.0462. The van der Waals surface area contributed by atoms with E-state index in [-0.39, 0.29) is 24.1 Å². The normalized spacial score (nSPS) is 19.7. The summed E-state index contributed by atoms with van der Waals surface area (Å²) in [5.74, 6) is 0.0462. The van der Waals surface area contributed by atoms with Crippen molar-refractivity contribution < 1.29 is 14.7 Å². The number of benzene rings is 1. The second-order valence-corrected chi connectivity index (χ2v) is 7.88. The zero-order chi connectivity index (χ0) is 19.4. The highest BCUT2D eigenvalue weighted by molar-refractivity contribution is 5.96. The van der Waals surface area contributed by atoms with Gasteiger partial charge in [-0.2, -0.15) is 0 Å². The maximum atomic E-state index is 12.6. The van der Waals surface area contributed by atoms with Crippen molar-refractivity contribution in [3.05, 3.63) is 35.4 Å². The molecule has 3 amide bonds. The summed E-state index contributed by atoms with van der Waals surface area (Å²) in [5.41, 5.74) is 1.72. The number of fused-ring (bicyclic) bond motifs is 1. The van der Waals surface area contributed by atoms with Gasteiger partial charge in [0.15, 0.2) is 0 Å². The van der Waals surface area contributed by atoms with Crippen LogP contribution in [0.2, 0.25) is 0 Å². The van der Waals surface area contributed by atoms with E-state index in [1.54, 1.807) is 0 Å². The molecule has 1 aromatic carbocycles. The Morgan fingerprint density at radius 1 is 1.19 bits per heavy atom. The zero-order valence-electron chi connectivity index (χ0n) is 16.3. The highest BCUT2D eigenvalue weighted by atomic mass is 16.3. The first-order valence-corrected chi connectivity index (χ1v) is 9.68. The Morgan fingerprint density at radius 2 is 1.96 bits per heavy atom. The first-order valence-electron chi connectivity index (χ1n) is 9.68. The molecule has 2 N–H and O–H groups in total. The first-order chi connectivity index (χ1) is 12.9. The van der Waals surface area contributed by atoms with Gasteiger partial charge in [-0.3, -0.25) is 9.69 Å². The standard InChI is InChI=1S/C20H30N4O3/c1-20(2)15-23(11-12-24(20)13-14-25)19(27)21-8-10-22-9-7-16-5-3-4-6-17(16)18(22)26/h3-6,25H,7-15H2,1-2H3,(H,21,27). The first kappa shape index (κ1) is 19.6. The average molecular weight is 374 g/mol. The fraction of sp³-hybridized carbons (Fsp3) is 0.600. The molecule has 0 bridgehead atoms. The van der Waals surface area contributed by atoms with Crippen LogP contribution < -0.4 is 5.32 Å². The number of β-amino-alcohol motifs (C(OH)–C–C–N with tert-alkyl or cyclic N) is 1. The van der Waals surface area contributed by atoms with Crippen LogP contribution in [-0.2, 0) is 6.42 Å². The molecule has 7 nitrogen and oxygen atoms in total. The Morgan fingerprint density at radius 3 is 2.70 bits per heavy atom. The van der Waals surface area contributed by atoms with Gasteiger partial charge in [-0.1, -0.05) is 18.2 Å². The zero-order valence-corrected chi connectivity index (χ0v) is 16.3. The molecule has 7 heteroatoms. The maximum Gasteiger partial charge on any atom is 0.317 e. The van der Waals surface area contributed by atoms with Crippen LogP contribution in [0.15, 0.2) is 24.3 Å². The fourth-order valence-corrected chi connectivity index (χ4v) is 4.00. The van der Waals surface area contributed by atoms with Crippen LogP contribution in [0.25, 0.3) is 0 Å². The van der Waals surface area contributed by atoms with Gasteiger partial charge in [0, 0.05) is 56.9 Å². The lowest BCUT2D eigenvalue weighted by Crippen LogP contribution is -2.62. The molecule has 0 unspecified atom stereocenters. The number of nitrogens with zero attached hydrogens (tertiary/aromatic N) is 3.